The minimum absolute atomic E-state index is 0.269. The summed E-state index contributed by atoms with van der Waals surface area (Å²) in [4.78, 5) is 0. The van der Waals surface area contributed by atoms with E-state index in [1.165, 1.54) is 37.7 Å². The van der Waals surface area contributed by atoms with Gasteiger partial charge in [0.25, 0.3) is 0 Å². The van der Waals surface area contributed by atoms with Gasteiger partial charge in [0.1, 0.15) is 0 Å². The largest absolute Gasteiger partial charge is 0.396 e. The number of ether oxygens (including phenoxy) is 1. The zero-order valence-electron chi connectivity index (χ0n) is 17.8. The van der Waals surface area contributed by atoms with Crippen molar-refractivity contribution in [2.45, 2.75) is 77.7 Å². The molecule has 4 aliphatic rings. The Morgan fingerprint density at radius 2 is 1.93 bits per heavy atom. The highest BCUT2D eigenvalue weighted by atomic mass is 16.5. The summed E-state index contributed by atoms with van der Waals surface area (Å²) in [7, 11) is 1.70. The molecular weight excluding hydrogens is 336 g/mol. The molecule has 0 aromatic rings. The predicted octanol–water partition coefficient (Wildman–Crippen LogP) is 4.57. The number of aliphatic hydroxyl groups excluding tert-OH is 1. The maximum absolute atomic E-state index is 10.9. The summed E-state index contributed by atoms with van der Waals surface area (Å²) in [6, 6.07) is 0. The summed E-state index contributed by atoms with van der Waals surface area (Å²) in [5, 5.41) is 20.7. The third-order valence-electron chi connectivity index (χ3n) is 9.72. The van der Waals surface area contributed by atoms with Crippen LogP contribution in [0.15, 0.2) is 11.6 Å². The standard InChI is InChI=1S/C24H40O3/c1-16(14-25)19-7-8-20-18-6-5-17-13-24(26,15-27-4)12-11-22(17,2)21(18)9-10-23(19,20)3/h5,16,18-21,25-26H,6-15H2,1-4H3/t16-,18+,19-,20+,21+,22+,23-,24?/m1/s1. The van der Waals surface area contributed by atoms with Crippen molar-refractivity contribution in [2.75, 3.05) is 20.3 Å². The molecule has 0 aliphatic heterocycles. The van der Waals surface area contributed by atoms with E-state index in [4.69, 9.17) is 4.74 Å². The summed E-state index contributed by atoms with van der Waals surface area (Å²) < 4.78 is 5.32. The average Bonchev–Trinajstić information content (AvgIpc) is 2.99. The van der Waals surface area contributed by atoms with Gasteiger partial charge in [-0.1, -0.05) is 32.4 Å². The molecule has 0 aromatic heterocycles. The van der Waals surface area contributed by atoms with Crippen LogP contribution < -0.4 is 0 Å². The van der Waals surface area contributed by atoms with Gasteiger partial charge in [-0.05, 0) is 91.8 Å². The molecule has 0 saturated heterocycles. The van der Waals surface area contributed by atoms with E-state index >= 15 is 0 Å². The van der Waals surface area contributed by atoms with Gasteiger partial charge in [-0.2, -0.15) is 0 Å². The van der Waals surface area contributed by atoms with Gasteiger partial charge in [-0.15, -0.1) is 0 Å². The third kappa shape index (κ3) is 2.95. The van der Waals surface area contributed by atoms with Crippen LogP contribution >= 0.6 is 0 Å². The first-order chi connectivity index (χ1) is 12.8. The van der Waals surface area contributed by atoms with Crippen LogP contribution in [0.25, 0.3) is 0 Å². The van der Waals surface area contributed by atoms with Crippen LogP contribution in [0, 0.1) is 40.4 Å². The van der Waals surface area contributed by atoms with Crippen molar-refractivity contribution in [1.82, 2.24) is 0 Å². The van der Waals surface area contributed by atoms with Gasteiger partial charge in [-0.25, -0.2) is 0 Å². The van der Waals surface area contributed by atoms with Crippen LogP contribution in [0.1, 0.15) is 72.1 Å². The highest BCUT2D eigenvalue weighted by molar-refractivity contribution is 5.27. The fourth-order valence-corrected chi connectivity index (χ4v) is 8.21. The van der Waals surface area contributed by atoms with Gasteiger partial charge in [0, 0.05) is 13.7 Å². The minimum Gasteiger partial charge on any atom is -0.396 e. The van der Waals surface area contributed by atoms with E-state index < -0.39 is 5.60 Å². The molecule has 27 heavy (non-hydrogen) atoms. The number of allylic oxidation sites excluding steroid dienone is 1. The van der Waals surface area contributed by atoms with Gasteiger partial charge in [0.15, 0.2) is 0 Å². The maximum atomic E-state index is 10.9. The fourth-order valence-electron chi connectivity index (χ4n) is 8.21. The van der Waals surface area contributed by atoms with E-state index in [-0.39, 0.29) is 5.41 Å². The third-order valence-corrected chi connectivity index (χ3v) is 9.72. The van der Waals surface area contributed by atoms with Crippen LogP contribution in [0.4, 0.5) is 0 Å². The Bertz CT molecular complexity index is 600. The lowest BCUT2D eigenvalue weighted by Crippen LogP contribution is -2.53. The van der Waals surface area contributed by atoms with Crippen molar-refractivity contribution in [3.8, 4) is 0 Å². The molecule has 154 valence electrons. The molecule has 3 nitrogen and oxygen atoms in total. The second-order valence-electron chi connectivity index (χ2n) is 11.0. The molecule has 0 bridgehead atoms. The highest BCUT2D eigenvalue weighted by Gasteiger charge is 2.59. The van der Waals surface area contributed by atoms with Crippen LogP contribution in [0.2, 0.25) is 0 Å². The van der Waals surface area contributed by atoms with Crippen molar-refractivity contribution < 1.29 is 14.9 Å². The monoisotopic (exact) mass is 376 g/mol. The lowest BCUT2D eigenvalue weighted by atomic mass is 9.46. The lowest BCUT2D eigenvalue weighted by Gasteiger charge is -2.59. The van der Waals surface area contributed by atoms with Crippen molar-refractivity contribution in [3.05, 3.63) is 11.6 Å². The van der Waals surface area contributed by atoms with Gasteiger partial charge >= 0.3 is 0 Å². The summed E-state index contributed by atoms with van der Waals surface area (Å²) in [6.45, 7) is 8.07. The molecular formula is C24H40O3. The predicted molar refractivity (Wildman–Crippen MR) is 108 cm³/mol. The van der Waals surface area contributed by atoms with E-state index in [1.807, 2.05) is 0 Å². The topological polar surface area (TPSA) is 49.7 Å². The second-order valence-corrected chi connectivity index (χ2v) is 11.0. The first kappa shape index (κ1) is 19.9. The minimum atomic E-state index is -0.662. The second kappa shape index (κ2) is 6.85. The quantitative estimate of drug-likeness (QED) is 0.707. The fraction of sp³-hybridized carbons (Fsp3) is 0.917. The van der Waals surface area contributed by atoms with Gasteiger partial charge < -0.3 is 14.9 Å². The SMILES string of the molecule is COCC1(O)CC[C@@]2(C)C(=CC[C@H]3[C@@H]4CC[C@H]([C@H](C)CO)[C@@]4(C)CC[C@@H]32)C1. The number of hydrogen-bond donors (Lipinski definition) is 2. The molecule has 3 heteroatoms. The zero-order chi connectivity index (χ0) is 19.4. The molecule has 0 aromatic carbocycles. The van der Waals surface area contributed by atoms with E-state index in [0.717, 1.165) is 37.0 Å². The van der Waals surface area contributed by atoms with E-state index in [9.17, 15) is 10.2 Å². The molecule has 3 fully saturated rings. The van der Waals surface area contributed by atoms with E-state index in [1.54, 1.807) is 7.11 Å². The Hall–Kier alpha value is -0.380. The average molecular weight is 377 g/mol. The van der Waals surface area contributed by atoms with E-state index in [0.29, 0.717) is 30.5 Å². The summed E-state index contributed by atoms with van der Waals surface area (Å²) in [5.41, 5.74) is 1.53. The summed E-state index contributed by atoms with van der Waals surface area (Å²) >= 11 is 0. The van der Waals surface area contributed by atoms with Gasteiger partial charge in [-0.3, -0.25) is 0 Å². The zero-order valence-corrected chi connectivity index (χ0v) is 17.8. The number of methoxy groups -OCH3 is 1. The van der Waals surface area contributed by atoms with Crippen molar-refractivity contribution in [3.63, 3.8) is 0 Å². The summed E-state index contributed by atoms with van der Waals surface area (Å²) in [5.74, 6) is 3.49. The molecule has 0 radical (unpaired) electrons. The molecule has 0 spiro atoms. The first-order valence-electron chi connectivity index (χ1n) is 11.3. The molecule has 8 atom stereocenters. The summed E-state index contributed by atoms with van der Waals surface area (Å²) in [6.07, 6.45) is 11.7. The molecule has 0 amide bonds. The number of fused-ring (bicyclic) bond motifs is 5. The number of rotatable bonds is 4. The molecule has 4 rings (SSSR count). The normalized spacial score (nSPS) is 50.4. The van der Waals surface area contributed by atoms with Crippen molar-refractivity contribution in [1.29, 1.82) is 0 Å². The van der Waals surface area contributed by atoms with Crippen LogP contribution in [0.5, 0.6) is 0 Å². The smallest absolute Gasteiger partial charge is 0.0917 e. The number of hydrogen-bond acceptors (Lipinski definition) is 3. The Labute approximate surface area is 165 Å². The maximum Gasteiger partial charge on any atom is 0.0917 e. The van der Waals surface area contributed by atoms with Crippen LogP contribution in [-0.4, -0.2) is 36.1 Å². The molecule has 2 N–H and O–H groups in total. The number of aliphatic hydroxyl groups is 2. The lowest BCUT2D eigenvalue weighted by molar-refractivity contribution is -0.0939. The van der Waals surface area contributed by atoms with Gasteiger partial charge in [0.2, 0.25) is 0 Å². The van der Waals surface area contributed by atoms with Crippen LogP contribution in [0.3, 0.4) is 0 Å². The molecule has 1 unspecified atom stereocenters. The Morgan fingerprint density at radius 1 is 1.15 bits per heavy atom. The Balaban J connectivity index is 1.59. The molecule has 0 heterocycles. The highest BCUT2D eigenvalue weighted by Crippen LogP contribution is 2.67. The Morgan fingerprint density at radius 3 is 2.63 bits per heavy atom. The van der Waals surface area contributed by atoms with E-state index in [2.05, 4.69) is 26.8 Å². The first-order valence-corrected chi connectivity index (χ1v) is 11.3. The van der Waals surface area contributed by atoms with Crippen molar-refractivity contribution in [2.24, 2.45) is 40.4 Å². The molecule has 3 saturated carbocycles. The Kier molecular flexibility index (Phi) is 5.05. The van der Waals surface area contributed by atoms with Crippen molar-refractivity contribution >= 4 is 0 Å². The molecule has 4 aliphatic carbocycles. The van der Waals surface area contributed by atoms with Gasteiger partial charge in [0.05, 0.1) is 12.2 Å². The van der Waals surface area contributed by atoms with Crippen LogP contribution in [-0.2, 0) is 4.74 Å².